The van der Waals surface area contributed by atoms with Crippen LogP contribution in [0, 0.1) is 15.4 Å². The number of aromatic nitrogens is 2. The summed E-state index contributed by atoms with van der Waals surface area (Å²) in [6.07, 6.45) is 3.14. The Bertz CT molecular complexity index is 403. The third-order valence-electron chi connectivity index (χ3n) is 2.86. The van der Waals surface area contributed by atoms with Gasteiger partial charge < -0.3 is 5.32 Å². The second-order valence-electron chi connectivity index (χ2n) is 5.81. The molecule has 0 aromatic carbocycles. The van der Waals surface area contributed by atoms with E-state index >= 15 is 0 Å². The number of hydrogen-bond acceptors (Lipinski definition) is 3. The molecule has 0 unspecified atom stereocenters. The zero-order chi connectivity index (χ0) is 14.4. The first-order chi connectivity index (χ1) is 8.93. The van der Waals surface area contributed by atoms with Gasteiger partial charge in [-0.25, -0.2) is 9.97 Å². The standard InChI is InChI=1S/C15H26IN3/c1-6-17-15-14(16)12(9-11(4)5)18-13(19-15)8-7-10(2)3/h10-11H,6-9H2,1-5H3,(H,17,18,19). The number of anilines is 1. The van der Waals surface area contributed by atoms with E-state index in [2.05, 4.69) is 67.5 Å². The molecule has 0 aliphatic rings. The molecule has 0 amide bonds. The van der Waals surface area contributed by atoms with Crippen molar-refractivity contribution >= 4 is 28.4 Å². The molecule has 1 aromatic rings. The monoisotopic (exact) mass is 375 g/mol. The average molecular weight is 375 g/mol. The summed E-state index contributed by atoms with van der Waals surface area (Å²) >= 11 is 2.37. The molecule has 1 heterocycles. The minimum atomic E-state index is 0.621. The summed E-state index contributed by atoms with van der Waals surface area (Å²) in [4.78, 5) is 9.44. The normalized spacial score (nSPS) is 11.4. The summed E-state index contributed by atoms with van der Waals surface area (Å²) in [5.74, 6) is 3.31. The summed E-state index contributed by atoms with van der Waals surface area (Å²) in [6.45, 7) is 12.0. The smallest absolute Gasteiger partial charge is 0.143 e. The third kappa shape index (κ3) is 5.63. The molecule has 0 aliphatic heterocycles. The van der Waals surface area contributed by atoms with Crippen molar-refractivity contribution in [1.82, 2.24) is 9.97 Å². The van der Waals surface area contributed by atoms with Crippen molar-refractivity contribution in [2.75, 3.05) is 11.9 Å². The number of nitrogens with zero attached hydrogens (tertiary/aromatic N) is 2. The Morgan fingerprint density at radius 3 is 2.32 bits per heavy atom. The van der Waals surface area contributed by atoms with E-state index < -0.39 is 0 Å². The highest BCUT2D eigenvalue weighted by Gasteiger charge is 2.13. The van der Waals surface area contributed by atoms with Crippen LogP contribution >= 0.6 is 22.6 Å². The average Bonchev–Trinajstić information content (AvgIpc) is 2.31. The van der Waals surface area contributed by atoms with E-state index in [1.54, 1.807) is 0 Å². The van der Waals surface area contributed by atoms with Gasteiger partial charge in [-0.2, -0.15) is 0 Å². The van der Waals surface area contributed by atoms with Gasteiger partial charge in [-0.15, -0.1) is 0 Å². The van der Waals surface area contributed by atoms with Crippen molar-refractivity contribution in [2.45, 2.75) is 53.9 Å². The fraction of sp³-hybridized carbons (Fsp3) is 0.733. The van der Waals surface area contributed by atoms with E-state index in [-0.39, 0.29) is 0 Å². The van der Waals surface area contributed by atoms with Crippen LogP contribution in [0.1, 0.15) is 52.6 Å². The van der Waals surface area contributed by atoms with Gasteiger partial charge in [0.1, 0.15) is 11.6 Å². The Morgan fingerprint density at radius 2 is 1.79 bits per heavy atom. The number of halogens is 1. The van der Waals surface area contributed by atoms with Crippen molar-refractivity contribution in [3.8, 4) is 0 Å². The molecule has 0 saturated carbocycles. The van der Waals surface area contributed by atoms with Gasteiger partial charge in [-0.1, -0.05) is 27.7 Å². The first-order valence-corrected chi connectivity index (χ1v) is 8.31. The second-order valence-corrected chi connectivity index (χ2v) is 6.89. The van der Waals surface area contributed by atoms with Gasteiger partial charge in [0.15, 0.2) is 0 Å². The highest BCUT2D eigenvalue weighted by atomic mass is 127. The van der Waals surface area contributed by atoms with Gasteiger partial charge in [-0.3, -0.25) is 0 Å². The Hall–Kier alpha value is -0.390. The quantitative estimate of drug-likeness (QED) is 0.722. The Kier molecular flexibility index (Phi) is 7.04. The Labute approximate surface area is 131 Å². The summed E-state index contributed by atoms with van der Waals surface area (Å²) < 4.78 is 1.18. The molecule has 0 fully saturated rings. The molecule has 0 bridgehead atoms. The molecule has 1 N–H and O–H groups in total. The zero-order valence-electron chi connectivity index (χ0n) is 12.8. The van der Waals surface area contributed by atoms with Gasteiger partial charge in [0.25, 0.3) is 0 Å². The van der Waals surface area contributed by atoms with E-state index in [1.165, 1.54) is 9.26 Å². The minimum absolute atomic E-state index is 0.621. The number of rotatable bonds is 7. The molecule has 19 heavy (non-hydrogen) atoms. The molecule has 0 saturated heterocycles. The lowest BCUT2D eigenvalue weighted by Gasteiger charge is -2.14. The maximum atomic E-state index is 4.77. The van der Waals surface area contributed by atoms with Gasteiger partial charge in [0, 0.05) is 13.0 Å². The highest BCUT2D eigenvalue weighted by Crippen LogP contribution is 2.22. The van der Waals surface area contributed by atoms with E-state index in [0.29, 0.717) is 11.8 Å². The van der Waals surface area contributed by atoms with Crippen molar-refractivity contribution in [2.24, 2.45) is 11.8 Å². The van der Waals surface area contributed by atoms with Crippen LogP contribution in [0.4, 0.5) is 5.82 Å². The Balaban J connectivity index is 3.00. The second kappa shape index (κ2) is 8.02. The van der Waals surface area contributed by atoms with Crippen molar-refractivity contribution in [3.63, 3.8) is 0 Å². The minimum Gasteiger partial charge on any atom is -0.369 e. The number of nitrogens with one attached hydrogen (secondary N) is 1. The van der Waals surface area contributed by atoms with Gasteiger partial charge >= 0.3 is 0 Å². The van der Waals surface area contributed by atoms with Crippen LogP contribution in [0.25, 0.3) is 0 Å². The molecular formula is C15H26IN3. The van der Waals surface area contributed by atoms with Crippen LogP contribution in [0.3, 0.4) is 0 Å². The van der Waals surface area contributed by atoms with Gasteiger partial charge in [-0.05, 0) is 54.2 Å². The van der Waals surface area contributed by atoms with E-state index in [0.717, 1.165) is 37.4 Å². The zero-order valence-corrected chi connectivity index (χ0v) is 14.9. The maximum absolute atomic E-state index is 4.77. The van der Waals surface area contributed by atoms with Crippen LogP contribution in [-0.4, -0.2) is 16.5 Å². The van der Waals surface area contributed by atoms with Crippen LogP contribution in [0.15, 0.2) is 0 Å². The third-order valence-corrected chi connectivity index (χ3v) is 3.99. The molecule has 0 aliphatic carbocycles. The lowest BCUT2D eigenvalue weighted by molar-refractivity contribution is 0.569. The van der Waals surface area contributed by atoms with Crippen LogP contribution in [-0.2, 0) is 12.8 Å². The van der Waals surface area contributed by atoms with E-state index in [4.69, 9.17) is 4.98 Å². The lowest BCUT2D eigenvalue weighted by Crippen LogP contribution is -2.12. The molecule has 0 atom stereocenters. The summed E-state index contributed by atoms with van der Waals surface area (Å²) in [5, 5.41) is 3.36. The van der Waals surface area contributed by atoms with Crippen molar-refractivity contribution in [1.29, 1.82) is 0 Å². The molecular weight excluding hydrogens is 349 g/mol. The van der Waals surface area contributed by atoms with E-state index in [1.807, 2.05) is 0 Å². The van der Waals surface area contributed by atoms with Crippen LogP contribution < -0.4 is 5.32 Å². The molecule has 1 rings (SSSR count). The SMILES string of the molecule is CCNc1nc(CCC(C)C)nc(CC(C)C)c1I. The topological polar surface area (TPSA) is 37.8 Å². The molecule has 0 spiro atoms. The van der Waals surface area contributed by atoms with Gasteiger partial charge in [0.2, 0.25) is 0 Å². The lowest BCUT2D eigenvalue weighted by atomic mass is 10.1. The maximum Gasteiger partial charge on any atom is 0.143 e. The molecule has 3 nitrogen and oxygen atoms in total. The summed E-state index contributed by atoms with van der Waals surface area (Å²) in [6, 6.07) is 0. The first-order valence-electron chi connectivity index (χ1n) is 7.23. The molecule has 4 heteroatoms. The summed E-state index contributed by atoms with van der Waals surface area (Å²) in [7, 11) is 0. The molecule has 108 valence electrons. The van der Waals surface area contributed by atoms with Gasteiger partial charge in [0.05, 0.1) is 9.26 Å². The van der Waals surface area contributed by atoms with Crippen molar-refractivity contribution < 1.29 is 0 Å². The largest absolute Gasteiger partial charge is 0.369 e. The fourth-order valence-corrected chi connectivity index (χ4v) is 2.53. The number of aryl methyl sites for hydroxylation is 1. The highest BCUT2D eigenvalue weighted by molar-refractivity contribution is 14.1. The fourth-order valence-electron chi connectivity index (χ4n) is 1.88. The predicted octanol–water partition coefficient (Wildman–Crippen LogP) is 4.30. The van der Waals surface area contributed by atoms with Crippen molar-refractivity contribution in [3.05, 3.63) is 15.1 Å². The van der Waals surface area contributed by atoms with Crippen LogP contribution in [0.5, 0.6) is 0 Å². The van der Waals surface area contributed by atoms with E-state index in [9.17, 15) is 0 Å². The Morgan fingerprint density at radius 1 is 1.11 bits per heavy atom. The molecule has 1 aromatic heterocycles. The predicted molar refractivity (Wildman–Crippen MR) is 90.6 cm³/mol. The summed E-state index contributed by atoms with van der Waals surface area (Å²) in [5.41, 5.74) is 1.19. The number of hydrogen-bond donors (Lipinski definition) is 1. The molecule has 0 radical (unpaired) electrons. The van der Waals surface area contributed by atoms with Crippen LogP contribution in [0.2, 0.25) is 0 Å². The first kappa shape index (κ1) is 16.7.